The molecule has 22 heavy (non-hydrogen) atoms. The summed E-state index contributed by atoms with van der Waals surface area (Å²) in [6.07, 6.45) is 1.25. The Hall–Kier alpha value is -1.85. The second-order valence-electron chi connectivity index (χ2n) is 5.28. The lowest BCUT2D eigenvalue weighted by molar-refractivity contribution is 0.477. The van der Waals surface area contributed by atoms with Crippen molar-refractivity contribution in [2.45, 2.75) is 26.7 Å². The van der Waals surface area contributed by atoms with E-state index in [9.17, 15) is 13.0 Å². The Kier molecular flexibility index (Phi) is 5.21. The predicted molar refractivity (Wildman–Crippen MR) is 89.6 cm³/mol. The Morgan fingerprint density at radius 3 is 2.32 bits per heavy atom. The van der Waals surface area contributed by atoms with Crippen LogP contribution in [-0.2, 0) is 16.7 Å². The molecule has 1 N–H and O–H groups in total. The third-order valence-electron chi connectivity index (χ3n) is 3.58. The van der Waals surface area contributed by atoms with Gasteiger partial charge in [0.1, 0.15) is 0 Å². The summed E-state index contributed by atoms with van der Waals surface area (Å²) in [4.78, 5) is 0. The highest BCUT2D eigenvalue weighted by molar-refractivity contribution is 7.87. The first-order valence-corrected chi connectivity index (χ1v) is 8.70. The number of anilines is 1. The van der Waals surface area contributed by atoms with Crippen molar-refractivity contribution >= 4 is 16.0 Å². The van der Waals surface area contributed by atoms with Crippen LogP contribution in [0.1, 0.15) is 30.0 Å². The Morgan fingerprint density at radius 2 is 1.73 bits per heavy atom. The van der Waals surface area contributed by atoms with Gasteiger partial charge in [0, 0.05) is 6.54 Å². The summed E-state index contributed by atoms with van der Waals surface area (Å²) >= 11 is 0. The van der Waals surface area contributed by atoms with Crippen LogP contribution in [0.15, 0.2) is 48.5 Å². The van der Waals surface area contributed by atoms with E-state index in [0.717, 1.165) is 21.0 Å². The Morgan fingerprint density at radius 1 is 1.05 bits per heavy atom. The van der Waals surface area contributed by atoms with Crippen molar-refractivity contribution in [1.29, 1.82) is 0 Å². The molecular formula is C17H21NO3S. The molecule has 0 saturated carbocycles. The van der Waals surface area contributed by atoms with Gasteiger partial charge in [0.15, 0.2) is 0 Å². The first-order valence-electron chi connectivity index (χ1n) is 7.31. The monoisotopic (exact) mass is 319 g/mol. The molecule has 0 unspecified atom stereocenters. The first-order chi connectivity index (χ1) is 10.4. The highest BCUT2D eigenvalue weighted by Crippen LogP contribution is 2.28. The van der Waals surface area contributed by atoms with Gasteiger partial charge in [-0.2, -0.15) is 8.42 Å². The molecule has 2 rings (SSSR count). The summed E-state index contributed by atoms with van der Waals surface area (Å²) in [6.45, 7) is 4.09. The van der Waals surface area contributed by atoms with Gasteiger partial charge in [-0.05, 0) is 42.5 Å². The molecule has 0 aliphatic heterocycles. The molecule has 0 aromatic heterocycles. The lowest BCUT2D eigenvalue weighted by Crippen LogP contribution is -2.32. The number of hydrogen-bond acceptors (Lipinski definition) is 2. The van der Waals surface area contributed by atoms with Crippen LogP contribution in [0.4, 0.5) is 5.69 Å². The van der Waals surface area contributed by atoms with Crippen LogP contribution < -0.4 is 4.31 Å². The molecule has 2 aromatic carbocycles. The number of benzene rings is 2. The number of nitrogens with zero attached hydrogens (tertiary/aromatic N) is 1. The molecule has 5 heteroatoms. The average molecular weight is 319 g/mol. The smallest absolute Gasteiger partial charge is 0.269 e. The van der Waals surface area contributed by atoms with E-state index < -0.39 is 10.3 Å². The maximum absolute atomic E-state index is 11.7. The van der Waals surface area contributed by atoms with Crippen LogP contribution in [0.25, 0.3) is 0 Å². The van der Waals surface area contributed by atoms with Gasteiger partial charge in [0.05, 0.1) is 5.69 Å². The van der Waals surface area contributed by atoms with Crippen LogP contribution in [0.2, 0.25) is 0 Å². The largest absolute Gasteiger partial charge is 0.359 e. The van der Waals surface area contributed by atoms with Crippen molar-refractivity contribution < 1.29 is 13.0 Å². The number of aryl methyl sites for hydroxylation is 1. The molecule has 0 bridgehead atoms. The SMILES string of the molecule is CCCN(c1cccc(C)c1Cc1ccccc1)S(=O)(=O)O. The molecule has 0 spiro atoms. The van der Waals surface area contributed by atoms with Crippen molar-refractivity contribution in [3.8, 4) is 0 Å². The molecule has 4 nitrogen and oxygen atoms in total. The van der Waals surface area contributed by atoms with Gasteiger partial charge in [0.25, 0.3) is 0 Å². The molecular weight excluding hydrogens is 298 g/mol. The summed E-state index contributed by atoms with van der Waals surface area (Å²) < 4.78 is 34.1. The quantitative estimate of drug-likeness (QED) is 0.828. The van der Waals surface area contributed by atoms with Crippen LogP contribution in [-0.4, -0.2) is 19.5 Å². The second-order valence-corrected chi connectivity index (χ2v) is 6.62. The van der Waals surface area contributed by atoms with Gasteiger partial charge < -0.3 is 0 Å². The average Bonchev–Trinajstić information content (AvgIpc) is 2.47. The number of rotatable bonds is 6. The van der Waals surface area contributed by atoms with Crippen LogP contribution >= 0.6 is 0 Å². The highest BCUT2D eigenvalue weighted by atomic mass is 32.2. The molecule has 0 atom stereocenters. The van der Waals surface area contributed by atoms with Crippen molar-refractivity contribution in [3.63, 3.8) is 0 Å². The fraction of sp³-hybridized carbons (Fsp3) is 0.294. The maximum Gasteiger partial charge on any atom is 0.359 e. The molecule has 0 heterocycles. The Bertz CT molecular complexity index is 727. The Labute approximate surface area is 132 Å². The van der Waals surface area contributed by atoms with Gasteiger partial charge in [-0.25, -0.2) is 4.31 Å². The van der Waals surface area contributed by atoms with E-state index in [1.807, 2.05) is 56.3 Å². The molecule has 0 fully saturated rings. The minimum atomic E-state index is -4.28. The van der Waals surface area contributed by atoms with E-state index in [1.165, 1.54) is 0 Å². The standard InChI is InChI=1S/C17H21NO3S/c1-3-12-18(22(19,20)21)17-11-7-8-14(2)16(17)13-15-9-5-4-6-10-15/h4-11H,3,12-13H2,1-2H3,(H,19,20,21). The predicted octanol–water partition coefficient (Wildman–Crippen LogP) is 3.61. The van der Waals surface area contributed by atoms with E-state index in [0.29, 0.717) is 18.5 Å². The maximum atomic E-state index is 11.7. The van der Waals surface area contributed by atoms with Crippen LogP contribution in [0.3, 0.4) is 0 Å². The van der Waals surface area contributed by atoms with Gasteiger partial charge in [0.2, 0.25) is 0 Å². The minimum absolute atomic E-state index is 0.254. The Balaban J connectivity index is 2.50. The minimum Gasteiger partial charge on any atom is -0.269 e. The summed E-state index contributed by atoms with van der Waals surface area (Å²) in [5.74, 6) is 0. The van der Waals surface area contributed by atoms with E-state index >= 15 is 0 Å². The van der Waals surface area contributed by atoms with E-state index in [-0.39, 0.29) is 6.54 Å². The lowest BCUT2D eigenvalue weighted by atomic mass is 9.98. The first kappa shape index (κ1) is 16.5. The molecule has 0 saturated heterocycles. The van der Waals surface area contributed by atoms with Crippen LogP contribution in [0.5, 0.6) is 0 Å². The zero-order valence-corrected chi connectivity index (χ0v) is 13.7. The van der Waals surface area contributed by atoms with Gasteiger partial charge in [-0.3, -0.25) is 4.55 Å². The summed E-state index contributed by atoms with van der Waals surface area (Å²) in [6, 6.07) is 15.4. The molecule has 118 valence electrons. The zero-order chi connectivity index (χ0) is 16.2. The fourth-order valence-corrected chi connectivity index (χ4v) is 3.35. The van der Waals surface area contributed by atoms with Gasteiger partial charge in [-0.15, -0.1) is 0 Å². The highest BCUT2D eigenvalue weighted by Gasteiger charge is 2.22. The fourth-order valence-electron chi connectivity index (χ4n) is 2.51. The lowest BCUT2D eigenvalue weighted by Gasteiger charge is -2.24. The van der Waals surface area contributed by atoms with Crippen molar-refractivity contribution in [2.75, 3.05) is 10.8 Å². The van der Waals surface area contributed by atoms with Gasteiger partial charge >= 0.3 is 10.3 Å². The van der Waals surface area contributed by atoms with Crippen molar-refractivity contribution in [1.82, 2.24) is 0 Å². The molecule has 0 aliphatic rings. The second kappa shape index (κ2) is 6.94. The van der Waals surface area contributed by atoms with Gasteiger partial charge in [-0.1, -0.05) is 49.4 Å². The van der Waals surface area contributed by atoms with E-state index in [4.69, 9.17) is 0 Å². The van der Waals surface area contributed by atoms with E-state index in [1.54, 1.807) is 6.07 Å². The summed E-state index contributed by atoms with van der Waals surface area (Å²) in [7, 11) is -4.28. The molecule has 0 radical (unpaired) electrons. The molecule has 2 aromatic rings. The topological polar surface area (TPSA) is 57.6 Å². The third-order valence-corrected chi connectivity index (χ3v) is 4.52. The molecule has 0 aliphatic carbocycles. The van der Waals surface area contributed by atoms with Crippen LogP contribution in [0, 0.1) is 6.92 Å². The molecule has 0 amide bonds. The normalized spacial score (nSPS) is 11.4. The zero-order valence-electron chi connectivity index (χ0n) is 12.9. The van der Waals surface area contributed by atoms with Crippen molar-refractivity contribution in [3.05, 3.63) is 65.2 Å². The summed E-state index contributed by atoms with van der Waals surface area (Å²) in [5, 5.41) is 0. The van der Waals surface area contributed by atoms with E-state index in [2.05, 4.69) is 0 Å². The summed E-state index contributed by atoms with van der Waals surface area (Å²) in [5.41, 5.74) is 3.57. The van der Waals surface area contributed by atoms with Crippen molar-refractivity contribution in [2.24, 2.45) is 0 Å². The third kappa shape index (κ3) is 3.87. The number of hydrogen-bond donors (Lipinski definition) is 1.